The molecule has 31 heavy (non-hydrogen) atoms. The molecule has 0 fully saturated rings. The maximum atomic E-state index is 12.6. The number of nitrogen functional groups attached to an aromatic ring is 1. The number of nitrogens with one attached hydrogen (secondary N) is 1. The minimum atomic E-state index is -1.24. The molecule has 0 aliphatic rings. The van der Waals surface area contributed by atoms with Crippen LogP contribution in [0.3, 0.4) is 0 Å². The van der Waals surface area contributed by atoms with Gasteiger partial charge in [-0.1, -0.05) is 43.0 Å². The molecule has 1 heterocycles. The van der Waals surface area contributed by atoms with E-state index in [2.05, 4.69) is 6.58 Å². The van der Waals surface area contributed by atoms with Crippen LogP contribution in [0.1, 0.15) is 42.4 Å². The SMILES string of the molecule is C=Cc1c(-c2ccccc2)coc1C(=O)OC(=O)c1ccc(O)c(C#N)c1C(=O)NN. The second kappa shape index (κ2) is 8.77. The van der Waals surface area contributed by atoms with Crippen molar-refractivity contribution in [3.63, 3.8) is 0 Å². The van der Waals surface area contributed by atoms with Crippen LogP contribution < -0.4 is 11.3 Å². The van der Waals surface area contributed by atoms with Crippen molar-refractivity contribution < 1.29 is 28.6 Å². The first kappa shape index (κ1) is 21.0. The summed E-state index contributed by atoms with van der Waals surface area (Å²) in [4.78, 5) is 37.3. The number of phenols is 1. The number of phenolic OH excluding ortho intramolecular Hbond substituents is 1. The van der Waals surface area contributed by atoms with Crippen molar-refractivity contribution in [2.75, 3.05) is 0 Å². The lowest BCUT2D eigenvalue weighted by atomic mass is 10.00. The molecule has 0 saturated heterocycles. The monoisotopic (exact) mass is 417 g/mol. The summed E-state index contributed by atoms with van der Waals surface area (Å²) in [6.07, 6.45) is 2.71. The molecule has 0 spiro atoms. The molecule has 0 aliphatic carbocycles. The minimum Gasteiger partial charge on any atom is -0.507 e. The van der Waals surface area contributed by atoms with Gasteiger partial charge >= 0.3 is 11.9 Å². The van der Waals surface area contributed by atoms with Crippen molar-refractivity contribution in [2.45, 2.75) is 0 Å². The summed E-state index contributed by atoms with van der Waals surface area (Å²) < 4.78 is 10.2. The highest BCUT2D eigenvalue weighted by atomic mass is 16.6. The molecule has 1 aromatic heterocycles. The van der Waals surface area contributed by atoms with Crippen LogP contribution in [0.15, 0.2) is 59.7 Å². The average molecular weight is 417 g/mol. The van der Waals surface area contributed by atoms with E-state index in [0.29, 0.717) is 11.1 Å². The van der Waals surface area contributed by atoms with E-state index in [0.717, 1.165) is 17.7 Å². The van der Waals surface area contributed by atoms with E-state index in [-0.39, 0.29) is 5.76 Å². The van der Waals surface area contributed by atoms with Gasteiger partial charge in [0, 0.05) is 11.1 Å². The summed E-state index contributed by atoms with van der Waals surface area (Å²) in [6.45, 7) is 3.67. The topological polar surface area (TPSA) is 156 Å². The first-order valence-corrected chi connectivity index (χ1v) is 8.75. The first-order valence-electron chi connectivity index (χ1n) is 8.75. The fourth-order valence-corrected chi connectivity index (χ4v) is 2.94. The highest BCUT2D eigenvalue weighted by Gasteiger charge is 2.28. The van der Waals surface area contributed by atoms with Crippen LogP contribution in [0.5, 0.6) is 5.75 Å². The van der Waals surface area contributed by atoms with Gasteiger partial charge in [-0.05, 0) is 17.7 Å². The molecular weight excluding hydrogens is 402 g/mol. The van der Waals surface area contributed by atoms with E-state index in [1.54, 1.807) is 35.8 Å². The second-order valence-corrected chi connectivity index (χ2v) is 6.11. The fraction of sp³-hybridized carbons (Fsp3) is 0. The largest absolute Gasteiger partial charge is 0.507 e. The van der Waals surface area contributed by atoms with Crippen LogP contribution in [-0.2, 0) is 4.74 Å². The quantitative estimate of drug-likeness (QED) is 0.188. The molecular formula is C22H15N3O6. The predicted octanol–water partition coefficient (Wildman–Crippen LogP) is 2.77. The Morgan fingerprint density at radius 3 is 2.48 bits per heavy atom. The van der Waals surface area contributed by atoms with E-state index in [1.165, 1.54) is 12.3 Å². The fourth-order valence-electron chi connectivity index (χ4n) is 2.94. The Kier molecular flexibility index (Phi) is 5.95. The molecule has 9 nitrogen and oxygen atoms in total. The van der Waals surface area contributed by atoms with E-state index >= 15 is 0 Å². The summed E-state index contributed by atoms with van der Waals surface area (Å²) in [6, 6.07) is 12.7. The van der Waals surface area contributed by atoms with Crippen molar-refractivity contribution >= 4 is 23.9 Å². The Morgan fingerprint density at radius 1 is 1.16 bits per heavy atom. The molecule has 3 rings (SSSR count). The van der Waals surface area contributed by atoms with Crippen molar-refractivity contribution in [1.29, 1.82) is 5.26 Å². The molecule has 0 aliphatic heterocycles. The van der Waals surface area contributed by atoms with Crippen molar-refractivity contribution in [3.8, 4) is 22.9 Å². The number of amides is 1. The normalized spacial score (nSPS) is 10.1. The smallest absolute Gasteiger partial charge is 0.382 e. The van der Waals surface area contributed by atoms with Gasteiger partial charge in [-0.15, -0.1) is 0 Å². The van der Waals surface area contributed by atoms with E-state index in [9.17, 15) is 24.8 Å². The summed E-state index contributed by atoms with van der Waals surface area (Å²) >= 11 is 0. The van der Waals surface area contributed by atoms with Gasteiger partial charge in [-0.25, -0.2) is 15.4 Å². The van der Waals surface area contributed by atoms with E-state index in [1.807, 2.05) is 6.07 Å². The number of ether oxygens (including phenoxy) is 1. The summed E-state index contributed by atoms with van der Waals surface area (Å²) in [5.74, 6) is 0.883. The molecule has 0 bridgehead atoms. The highest BCUT2D eigenvalue weighted by Crippen LogP contribution is 2.30. The molecule has 0 unspecified atom stereocenters. The van der Waals surface area contributed by atoms with Crippen molar-refractivity contribution in [2.24, 2.45) is 5.84 Å². The van der Waals surface area contributed by atoms with Gasteiger partial charge in [0.1, 0.15) is 23.6 Å². The maximum absolute atomic E-state index is 12.6. The van der Waals surface area contributed by atoms with Gasteiger partial charge in [0.05, 0.1) is 11.1 Å². The number of carbonyl (C=O) groups excluding carboxylic acids is 3. The van der Waals surface area contributed by atoms with Crippen molar-refractivity contribution in [1.82, 2.24) is 5.43 Å². The highest BCUT2D eigenvalue weighted by molar-refractivity contribution is 6.11. The summed E-state index contributed by atoms with van der Waals surface area (Å²) in [7, 11) is 0. The Hall–Kier alpha value is -4.68. The number of hydrogen-bond acceptors (Lipinski definition) is 8. The van der Waals surface area contributed by atoms with Crippen LogP contribution in [0.2, 0.25) is 0 Å². The molecule has 3 aromatic rings. The molecule has 0 atom stereocenters. The van der Waals surface area contributed by atoms with Crippen LogP contribution in [-0.4, -0.2) is 23.0 Å². The molecule has 9 heteroatoms. The van der Waals surface area contributed by atoms with Gasteiger partial charge in [-0.3, -0.25) is 10.2 Å². The van der Waals surface area contributed by atoms with Crippen molar-refractivity contribution in [3.05, 3.63) is 83.3 Å². The number of rotatable bonds is 5. The number of hydrazine groups is 1. The van der Waals surface area contributed by atoms with Gasteiger partial charge in [0.2, 0.25) is 5.76 Å². The number of aromatic hydroxyl groups is 1. The van der Waals surface area contributed by atoms with Crippen LogP contribution >= 0.6 is 0 Å². The molecule has 0 radical (unpaired) electrons. The third-order valence-electron chi connectivity index (χ3n) is 4.36. The lowest BCUT2D eigenvalue weighted by molar-refractivity contribution is 0.0373. The third-order valence-corrected chi connectivity index (χ3v) is 4.36. The Labute approximate surface area is 175 Å². The Morgan fingerprint density at radius 2 is 1.87 bits per heavy atom. The zero-order chi connectivity index (χ0) is 22.5. The van der Waals surface area contributed by atoms with E-state index < -0.39 is 40.3 Å². The molecule has 2 aromatic carbocycles. The lowest BCUT2D eigenvalue weighted by Gasteiger charge is -2.10. The Balaban J connectivity index is 1.97. The molecule has 1 amide bonds. The number of benzene rings is 2. The lowest BCUT2D eigenvalue weighted by Crippen LogP contribution is -2.32. The van der Waals surface area contributed by atoms with Gasteiger partial charge in [0.15, 0.2) is 0 Å². The van der Waals surface area contributed by atoms with E-state index in [4.69, 9.17) is 15.0 Å². The third kappa shape index (κ3) is 3.91. The van der Waals surface area contributed by atoms with Gasteiger partial charge in [0.25, 0.3) is 5.91 Å². The first-order chi connectivity index (χ1) is 14.9. The van der Waals surface area contributed by atoms with Crippen LogP contribution in [0.25, 0.3) is 17.2 Å². The predicted molar refractivity (Wildman–Crippen MR) is 108 cm³/mol. The number of nitrogens with two attached hydrogens (primary N) is 1. The van der Waals surface area contributed by atoms with Gasteiger partial charge < -0.3 is 14.3 Å². The minimum absolute atomic E-state index is 0.272. The summed E-state index contributed by atoms with van der Waals surface area (Å²) in [5.41, 5.74) is 1.94. The summed E-state index contributed by atoms with van der Waals surface area (Å²) in [5, 5.41) is 19.0. The standard InChI is InChI=1S/C22H15N3O6/c1-2-13-16(12-6-4-3-5-7-12)11-30-19(13)22(29)31-21(28)14-8-9-17(26)15(10-23)18(14)20(27)25-24/h2-9,11,26H,1,24H2,(H,25,27). The van der Waals surface area contributed by atoms with Crippen LogP contribution in [0.4, 0.5) is 0 Å². The van der Waals surface area contributed by atoms with Gasteiger partial charge in [-0.2, -0.15) is 5.26 Å². The zero-order valence-electron chi connectivity index (χ0n) is 15.9. The maximum Gasteiger partial charge on any atom is 0.382 e. The number of carbonyl (C=O) groups is 3. The second-order valence-electron chi connectivity index (χ2n) is 6.11. The molecule has 4 N–H and O–H groups in total. The number of furan rings is 1. The number of hydrogen-bond donors (Lipinski definition) is 3. The number of nitriles is 1. The number of esters is 2. The average Bonchev–Trinajstić information content (AvgIpc) is 3.23. The number of nitrogens with zero attached hydrogens (tertiary/aromatic N) is 1. The zero-order valence-corrected chi connectivity index (χ0v) is 15.9. The Bertz CT molecular complexity index is 1240. The molecule has 154 valence electrons. The van der Waals surface area contributed by atoms with Crippen LogP contribution in [0, 0.1) is 11.3 Å². The molecule has 0 saturated carbocycles.